The van der Waals surface area contributed by atoms with E-state index in [2.05, 4.69) is 10.6 Å². The van der Waals surface area contributed by atoms with Crippen LogP contribution in [0.3, 0.4) is 0 Å². The predicted octanol–water partition coefficient (Wildman–Crippen LogP) is 7.58. The number of benzene rings is 2. The molecule has 0 spiro atoms. The molecule has 4 aliphatic rings. The standard InChI is InChI=1S/C28H29Cl3N4O/c1-16-24(15-32-27(36)33-28-12-17-8-18(13-28)10-19(9-17)14-28)34-35(25-7-6-22(30)11-23(25)31)26(16)20-2-4-21(29)5-3-20/h2-7,11,17-19H,8-10,12-15H2,1H3,(H2,32,33,36). The van der Waals surface area contributed by atoms with Gasteiger partial charge >= 0.3 is 6.03 Å². The molecule has 1 aromatic heterocycles. The van der Waals surface area contributed by atoms with Crippen LogP contribution >= 0.6 is 34.8 Å². The second-order valence-corrected chi connectivity index (χ2v) is 12.2. The lowest BCUT2D eigenvalue weighted by Gasteiger charge is -2.56. The molecule has 0 aliphatic heterocycles. The third kappa shape index (κ3) is 4.51. The van der Waals surface area contributed by atoms with Gasteiger partial charge in [-0.3, -0.25) is 0 Å². The molecular formula is C28H29Cl3N4O. The second kappa shape index (κ2) is 9.27. The van der Waals surface area contributed by atoms with Gasteiger partial charge in [0, 0.05) is 26.7 Å². The summed E-state index contributed by atoms with van der Waals surface area (Å²) in [4.78, 5) is 13.1. The summed E-state index contributed by atoms with van der Waals surface area (Å²) >= 11 is 18.9. The molecule has 2 amide bonds. The van der Waals surface area contributed by atoms with Gasteiger partial charge in [-0.25, -0.2) is 9.48 Å². The van der Waals surface area contributed by atoms with E-state index in [1.165, 1.54) is 19.3 Å². The molecule has 3 aromatic rings. The number of halogens is 3. The van der Waals surface area contributed by atoms with Crippen molar-refractivity contribution in [2.45, 2.75) is 57.5 Å². The van der Waals surface area contributed by atoms with E-state index in [1.54, 1.807) is 12.1 Å². The number of amides is 2. The van der Waals surface area contributed by atoms with E-state index in [0.717, 1.165) is 65.2 Å². The number of rotatable bonds is 5. The largest absolute Gasteiger partial charge is 0.333 e. The quantitative estimate of drug-likeness (QED) is 0.348. The zero-order chi connectivity index (χ0) is 25.0. The third-order valence-electron chi connectivity index (χ3n) is 8.31. The van der Waals surface area contributed by atoms with E-state index in [-0.39, 0.29) is 11.6 Å². The molecule has 0 radical (unpaired) electrons. The second-order valence-electron chi connectivity index (χ2n) is 10.9. The molecule has 2 N–H and O–H groups in total. The molecule has 2 aromatic carbocycles. The first-order chi connectivity index (χ1) is 17.3. The Morgan fingerprint density at radius 3 is 2.19 bits per heavy atom. The highest BCUT2D eigenvalue weighted by Crippen LogP contribution is 2.55. The number of hydrogen-bond acceptors (Lipinski definition) is 2. The van der Waals surface area contributed by atoms with E-state index in [9.17, 15) is 4.79 Å². The van der Waals surface area contributed by atoms with Crippen molar-refractivity contribution in [1.29, 1.82) is 0 Å². The van der Waals surface area contributed by atoms with Gasteiger partial charge in [0.25, 0.3) is 0 Å². The van der Waals surface area contributed by atoms with Crippen LogP contribution in [0.4, 0.5) is 4.79 Å². The van der Waals surface area contributed by atoms with Crippen molar-refractivity contribution in [2.75, 3.05) is 0 Å². The summed E-state index contributed by atoms with van der Waals surface area (Å²) in [6, 6.07) is 12.9. The Morgan fingerprint density at radius 2 is 1.58 bits per heavy atom. The molecular weight excluding hydrogens is 515 g/mol. The summed E-state index contributed by atoms with van der Waals surface area (Å²) < 4.78 is 1.82. The van der Waals surface area contributed by atoms with Gasteiger partial charge in [0.15, 0.2) is 0 Å². The van der Waals surface area contributed by atoms with Crippen LogP contribution < -0.4 is 10.6 Å². The lowest BCUT2D eigenvalue weighted by Crippen LogP contribution is -2.61. The summed E-state index contributed by atoms with van der Waals surface area (Å²) in [5, 5.41) is 13.1. The molecule has 0 saturated heterocycles. The molecule has 4 fully saturated rings. The first-order valence-electron chi connectivity index (χ1n) is 12.6. The minimum Gasteiger partial charge on any atom is -0.333 e. The Balaban J connectivity index is 1.26. The number of carbonyl (C=O) groups excluding carboxylic acids is 1. The summed E-state index contributed by atoms with van der Waals surface area (Å²) in [5.74, 6) is 2.33. The average molecular weight is 544 g/mol. The van der Waals surface area contributed by atoms with Crippen molar-refractivity contribution in [3.05, 3.63) is 68.8 Å². The first-order valence-corrected chi connectivity index (χ1v) is 13.8. The molecule has 7 rings (SSSR count). The van der Waals surface area contributed by atoms with Crippen LogP contribution in [0, 0.1) is 24.7 Å². The van der Waals surface area contributed by atoms with Crippen molar-refractivity contribution in [1.82, 2.24) is 20.4 Å². The zero-order valence-electron chi connectivity index (χ0n) is 20.2. The fraction of sp³-hybridized carbons (Fsp3) is 0.429. The van der Waals surface area contributed by atoms with Crippen LogP contribution in [0.5, 0.6) is 0 Å². The van der Waals surface area contributed by atoms with Gasteiger partial charge < -0.3 is 10.6 Å². The molecule has 8 heteroatoms. The highest BCUT2D eigenvalue weighted by Gasteiger charge is 2.51. The Hall–Kier alpha value is -2.21. The van der Waals surface area contributed by atoms with E-state index < -0.39 is 0 Å². The smallest absolute Gasteiger partial charge is 0.315 e. The monoisotopic (exact) mass is 542 g/mol. The number of nitrogens with one attached hydrogen (secondary N) is 2. The molecule has 4 bridgehead atoms. The highest BCUT2D eigenvalue weighted by atomic mass is 35.5. The Bertz CT molecular complexity index is 1280. The van der Waals surface area contributed by atoms with Gasteiger partial charge in [0.1, 0.15) is 0 Å². The highest BCUT2D eigenvalue weighted by molar-refractivity contribution is 6.35. The van der Waals surface area contributed by atoms with Crippen LogP contribution in [0.15, 0.2) is 42.5 Å². The summed E-state index contributed by atoms with van der Waals surface area (Å²) in [6.45, 7) is 2.34. The Labute approximate surface area is 226 Å². The zero-order valence-corrected chi connectivity index (χ0v) is 22.4. The lowest BCUT2D eigenvalue weighted by atomic mass is 9.53. The maximum absolute atomic E-state index is 13.1. The van der Waals surface area contributed by atoms with Crippen LogP contribution in [-0.2, 0) is 6.54 Å². The van der Waals surface area contributed by atoms with Crippen molar-refractivity contribution in [2.24, 2.45) is 17.8 Å². The molecule has 5 nitrogen and oxygen atoms in total. The fourth-order valence-electron chi connectivity index (χ4n) is 7.20. The number of carbonyl (C=O) groups is 1. The van der Waals surface area contributed by atoms with E-state index in [4.69, 9.17) is 39.9 Å². The topological polar surface area (TPSA) is 59.0 Å². The fourth-order valence-corrected chi connectivity index (χ4v) is 7.81. The van der Waals surface area contributed by atoms with Crippen LogP contribution in [0.1, 0.15) is 49.8 Å². The molecule has 4 aliphatic carbocycles. The molecule has 0 unspecified atom stereocenters. The molecule has 188 valence electrons. The number of urea groups is 1. The normalized spacial score (nSPS) is 26.3. The van der Waals surface area contributed by atoms with Gasteiger partial charge in [-0.2, -0.15) is 5.10 Å². The van der Waals surface area contributed by atoms with Crippen LogP contribution in [0.25, 0.3) is 16.9 Å². The number of aromatic nitrogens is 2. The Morgan fingerprint density at radius 1 is 0.972 bits per heavy atom. The molecule has 4 saturated carbocycles. The van der Waals surface area contributed by atoms with Gasteiger partial charge in [0.2, 0.25) is 0 Å². The summed E-state index contributed by atoms with van der Waals surface area (Å²) in [5.41, 5.74) is 4.30. The predicted molar refractivity (Wildman–Crippen MR) is 145 cm³/mol. The lowest BCUT2D eigenvalue weighted by molar-refractivity contribution is -0.0135. The average Bonchev–Trinajstić information content (AvgIpc) is 3.13. The van der Waals surface area contributed by atoms with Crippen LogP contribution in [0.2, 0.25) is 15.1 Å². The van der Waals surface area contributed by atoms with Crippen molar-refractivity contribution < 1.29 is 4.79 Å². The maximum Gasteiger partial charge on any atom is 0.315 e. The third-order valence-corrected chi connectivity index (χ3v) is 9.10. The van der Waals surface area contributed by atoms with Gasteiger partial charge in [-0.05, 0) is 93.5 Å². The van der Waals surface area contributed by atoms with Crippen LogP contribution in [-0.4, -0.2) is 21.4 Å². The molecule has 0 atom stereocenters. The first kappa shape index (κ1) is 24.1. The number of hydrogen-bond donors (Lipinski definition) is 2. The van der Waals surface area contributed by atoms with Crippen molar-refractivity contribution in [3.63, 3.8) is 0 Å². The van der Waals surface area contributed by atoms with Crippen molar-refractivity contribution >= 4 is 40.8 Å². The Kier molecular flexibility index (Phi) is 6.22. The van der Waals surface area contributed by atoms with E-state index in [0.29, 0.717) is 21.6 Å². The van der Waals surface area contributed by atoms with Gasteiger partial charge in [0.05, 0.1) is 28.6 Å². The minimum atomic E-state index is -0.108. The van der Waals surface area contributed by atoms with Crippen molar-refractivity contribution in [3.8, 4) is 16.9 Å². The molecule has 36 heavy (non-hydrogen) atoms. The van der Waals surface area contributed by atoms with Gasteiger partial charge in [-0.1, -0.05) is 46.9 Å². The summed E-state index contributed by atoms with van der Waals surface area (Å²) in [6.07, 6.45) is 7.40. The molecule has 1 heterocycles. The van der Waals surface area contributed by atoms with E-state index in [1.807, 2.05) is 41.9 Å². The SMILES string of the molecule is Cc1c(CNC(=O)NC23CC4CC(CC(C4)C2)C3)nn(-c2ccc(Cl)cc2Cl)c1-c1ccc(Cl)cc1. The summed E-state index contributed by atoms with van der Waals surface area (Å²) in [7, 11) is 0. The number of nitrogens with zero attached hydrogens (tertiary/aromatic N) is 2. The maximum atomic E-state index is 13.1. The van der Waals surface area contributed by atoms with Gasteiger partial charge in [-0.15, -0.1) is 0 Å². The minimum absolute atomic E-state index is 0.0292. The van der Waals surface area contributed by atoms with E-state index >= 15 is 0 Å².